The van der Waals surface area contributed by atoms with Crippen molar-refractivity contribution in [1.82, 2.24) is 9.99 Å². The lowest BCUT2D eigenvalue weighted by molar-refractivity contribution is -0.124. The number of nitrogens with one attached hydrogen (secondary N) is 2. The molecule has 0 bridgehead atoms. The van der Waals surface area contributed by atoms with Gasteiger partial charge in [0.2, 0.25) is 5.91 Å². The van der Waals surface area contributed by atoms with Gasteiger partial charge in [0.15, 0.2) is 0 Å². The minimum absolute atomic E-state index is 0.0750. The highest BCUT2D eigenvalue weighted by atomic mass is 16.5. The van der Waals surface area contributed by atoms with Crippen molar-refractivity contribution in [3.63, 3.8) is 0 Å². The molecule has 0 radical (unpaired) electrons. The maximum Gasteiger partial charge on any atom is 0.266 e. The number of amides is 2. The number of rotatable bonds is 7. The van der Waals surface area contributed by atoms with E-state index in [1.165, 1.54) is 12.6 Å². The Balaban J connectivity index is 1.76. The Morgan fingerprint density at radius 1 is 1.07 bits per heavy atom. The molecule has 7 nitrogen and oxygen atoms in total. The molecule has 2 amide bonds. The number of methoxy groups -OCH3 is 1. The van der Waals surface area contributed by atoms with Gasteiger partial charge in [-0.05, 0) is 38.1 Å². The van der Waals surface area contributed by atoms with Gasteiger partial charge in [-0.2, -0.15) is 5.10 Å². The number of carbonyl (C=O) groups excluding carboxylic acids is 2. The van der Waals surface area contributed by atoms with Crippen LogP contribution in [0.25, 0.3) is 21.8 Å². The molecule has 3 aromatic rings. The molecule has 0 fully saturated rings. The first kappa shape index (κ1) is 19.6. The van der Waals surface area contributed by atoms with Crippen LogP contribution in [0.5, 0.6) is 0 Å². The van der Waals surface area contributed by atoms with Crippen molar-refractivity contribution in [1.29, 1.82) is 0 Å². The molecule has 0 atom stereocenters. The Labute approximate surface area is 163 Å². The van der Waals surface area contributed by atoms with Crippen LogP contribution in [0.1, 0.15) is 20.3 Å². The molecule has 0 saturated carbocycles. The summed E-state index contributed by atoms with van der Waals surface area (Å²) in [6, 6.07) is 14.2. The first-order chi connectivity index (χ1) is 13.5. The summed E-state index contributed by atoms with van der Waals surface area (Å²) < 4.78 is 6.97. The van der Waals surface area contributed by atoms with E-state index in [9.17, 15) is 9.59 Å². The van der Waals surface area contributed by atoms with Gasteiger partial charge in [0.1, 0.15) is 6.61 Å². The van der Waals surface area contributed by atoms with E-state index < -0.39 is 0 Å². The molecule has 0 aliphatic carbocycles. The summed E-state index contributed by atoms with van der Waals surface area (Å²) in [5, 5.41) is 9.07. The van der Waals surface area contributed by atoms with Crippen LogP contribution >= 0.6 is 0 Å². The van der Waals surface area contributed by atoms with Gasteiger partial charge in [0, 0.05) is 46.9 Å². The molecular weight excluding hydrogens is 356 g/mol. The van der Waals surface area contributed by atoms with Crippen LogP contribution in [0.3, 0.4) is 0 Å². The van der Waals surface area contributed by atoms with Crippen molar-refractivity contribution < 1.29 is 14.3 Å². The number of benzene rings is 2. The molecule has 1 heterocycles. The zero-order valence-electron chi connectivity index (χ0n) is 16.3. The molecule has 0 aliphatic heterocycles. The standard InChI is InChI=1S/C21H24N4O3/c1-4-25-18-8-6-5-7-16(18)17-12-15(9-10-19(17)25)22-20(26)11-14(2)23-24-21(27)13-28-3/h5-10,12H,4,11,13H2,1-3H3,(H,22,26)(H,24,27)/b23-14-. The molecular formula is C21H24N4O3. The fourth-order valence-corrected chi connectivity index (χ4v) is 3.27. The van der Waals surface area contributed by atoms with Gasteiger partial charge in [-0.15, -0.1) is 0 Å². The van der Waals surface area contributed by atoms with E-state index in [-0.39, 0.29) is 24.8 Å². The molecule has 0 saturated heterocycles. The van der Waals surface area contributed by atoms with Crippen LogP contribution in [0.2, 0.25) is 0 Å². The highest BCUT2D eigenvalue weighted by Crippen LogP contribution is 2.30. The molecule has 0 spiro atoms. The van der Waals surface area contributed by atoms with E-state index in [1.54, 1.807) is 6.92 Å². The largest absolute Gasteiger partial charge is 0.375 e. The lowest BCUT2D eigenvalue weighted by atomic mass is 10.1. The Bertz CT molecular complexity index is 1050. The van der Waals surface area contributed by atoms with Gasteiger partial charge in [0.05, 0.1) is 6.42 Å². The van der Waals surface area contributed by atoms with Gasteiger partial charge in [0.25, 0.3) is 5.91 Å². The van der Waals surface area contributed by atoms with Crippen molar-refractivity contribution in [2.45, 2.75) is 26.8 Å². The summed E-state index contributed by atoms with van der Waals surface area (Å²) in [6.07, 6.45) is 0.0853. The number of fused-ring (bicyclic) bond motifs is 3. The van der Waals surface area contributed by atoms with E-state index >= 15 is 0 Å². The van der Waals surface area contributed by atoms with Crippen LogP contribution in [0.15, 0.2) is 47.6 Å². The smallest absolute Gasteiger partial charge is 0.266 e. The third kappa shape index (κ3) is 4.20. The van der Waals surface area contributed by atoms with Crippen molar-refractivity contribution >= 4 is 45.0 Å². The molecule has 2 aromatic carbocycles. The maximum absolute atomic E-state index is 12.3. The summed E-state index contributed by atoms with van der Waals surface area (Å²) in [7, 11) is 1.43. The highest BCUT2D eigenvalue weighted by molar-refractivity contribution is 6.11. The third-order valence-corrected chi connectivity index (χ3v) is 4.44. The number of nitrogens with zero attached hydrogens (tertiary/aromatic N) is 2. The van der Waals surface area contributed by atoms with Gasteiger partial charge in [-0.1, -0.05) is 18.2 Å². The number of hydrogen-bond donors (Lipinski definition) is 2. The zero-order chi connectivity index (χ0) is 20.1. The van der Waals surface area contributed by atoms with Crippen molar-refractivity contribution in [3.05, 3.63) is 42.5 Å². The second-order valence-electron chi connectivity index (χ2n) is 6.53. The van der Waals surface area contributed by atoms with Gasteiger partial charge >= 0.3 is 0 Å². The Hall–Kier alpha value is -3.19. The van der Waals surface area contributed by atoms with Crippen LogP contribution in [-0.2, 0) is 20.9 Å². The number of aromatic nitrogens is 1. The molecule has 2 N–H and O–H groups in total. The predicted octanol–water partition coefficient (Wildman–Crippen LogP) is 3.28. The van der Waals surface area contributed by atoms with Crippen molar-refractivity contribution in [2.75, 3.05) is 19.0 Å². The van der Waals surface area contributed by atoms with Crippen LogP contribution in [0, 0.1) is 0 Å². The molecule has 7 heteroatoms. The maximum atomic E-state index is 12.3. The van der Waals surface area contributed by atoms with Gasteiger partial charge in [-0.3, -0.25) is 9.59 Å². The van der Waals surface area contributed by atoms with E-state index in [4.69, 9.17) is 4.74 Å². The fraction of sp³-hybridized carbons (Fsp3) is 0.286. The van der Waals surface area contributed by atoms with Gasteiger partial charge in [-0.25, -0.2) is 5.43 Å². The first-order valence-electron chi connectivity index (χ1n) is 9.15. The Morgan fingerprint density at radius 2 is 1.82 bits per heavy atom. The predicted molar refractivity (Wildman–Crippen MR) is 111 cm³/mol. The van der Waals surface area contributed by atoms with Crippen molar-refractivity contribution in [2.24, 2.45) is 5.10 Å². The Kier molecular flexibility index (Phi) is 6.06. The van der Waals surface area contributed by atoms with Crippen LogP contribution < -0.4 is 10.7 Å². The lowest BCUT2D eigenvalue weighted by Crippen LogP contribution is -2.24. The number of hydrogen-bond acceptors (Lipinski definition) is 4. The highest BCUT2D eigenvalue weighted by Gasteiger charge is 2.11. The SMILES string of the molecule is CCn1c2ccccc2c2cc(NC(=O)C/C(C)=N\NC(=O)COC)ccc21. The lowest BCUT2D eigenvalue weighted by Gasteiger charge is -2.07. The molecule has 0 unspecified atom stereocenters. The number of anilines is 1. The molecule has 146 valence electrons. The number of aryl methyl sites for hydroxylation is 1. The summed E-state index contributed by atoms with van der Waals surface area (Å²) in [6.45, 7) is 4.61. The molecule has 0 aliphatic rings. The molecule has 3 rings (SSSR count). The quantitative estimate of drug-likeness (QED) is 0.487. The summed E-state index contributed by atoms with van der Waals surface area (Å²) in [5.74, 6) is -0.555. The Morgan fingerprint density at radius 3 is 2.57 bits per heavy atom. The zero-order valence-corrected chi connectivity index (χ0v) is 16.3. The summed E-state index contributed by atoms with van der Waals surface area (Å²) >= 11 is 0. The topological polar surface area (TPSA) is 84.7 Å². The minimum atomic E-state index is -0.361. The van der Waals surface area contributed by atoms with E-state index in [2.05, 4.69) is 39.5 Å². The second-order valence-corrected chi connectivity index (χ2v) is 6.53. The number of hydrazone groups is 1. The summed E-state index contributed by atoms with van der Waals surface area (Å²) in [4.78, 5) is 23.7. The fourth-order valence-electron chi connectivity index (χ4n) is 3.27. The summed E-state index contributed by atoms with van der Waals surface area (Å²) in [5.41, 5.74) is 5.90. The van der Waals surface area contributed by atoms with Crippen LogP contribution in [-0.4, -0.2) is 35.8 Å². The number of ether oxygens (including phenoxy) is 1. The normalized spacial score (nSPS) is 11.8. The van der Waals surface area contributed by atoms with E-state index in [0.717, 1.165) is 28.5 Å². The molecule has 28 heavy (non-hydrogen) atoms. The third-order valence-electron chi connectivity index (χ3n) is 4.44. The van der Waals surface area contributed by atoms with E-state index in [1.807, 2.05) is 30.3 Å². The van der Waals surface area contributed by atoms with Crippen LogP contribution in [0.4, 0.5) is 5.69 Å². The molecule has 1 aromatic heterocycles. The average Bonchev–Trinajstić information content (AvgIpc) is 2.99. The van der Waals surface area contributed by atoms with E-state index in [0.29, 0.717) is 5.71 Å². The second kappa shape index (κ2) is 8.67. The number of carbonyl (C=O) groups is 2. The monoisotopic (exact) mass is 380 g/mol. The number of para-hydroxylation sites is 1. The van der Waals surface area contributed by atoms with Gasteiger partial charge < -0.3 is 14.6 Å². The first-order valence-corrected chi connectivity index (χ1v) is 9.15. The van der Waals surface area contributed by atoms with Crippen molar-refractivity contribution in [3.8, 4) is 0 Å². The average molecular weight is 380 g/mol. The minimum Gasteiger partial charge on any atom is -0.375 e.